The number of halogens is 3. The topological polar surface area (TPSA) is 66.8 Å². The first-order chi connectivity index (χ1) is 10.3. The average Bonchev–Trinajstić information content (AvgIpc) is 2.45. The first kappa shape index (κ1) is 18.4. The van der Waals surface area contributed by atoms with Crippen molar-refractivity contribution in [3.05, 3.63) is 51.5 Å². The van der Waals surface area contributed by atoms with Gasteiger partial charge in [0.2, 0.25) is 0 Å². The number of phenolic OH excluding ortho intramolecular Hbond substituents is 1. The lowest BCUT2D eigenvalue weighted by atomic mass is 10.3. The van der Waals surface area contributed by atoms with Gasteiger partial charge in [0.1, 0.15) is 5.75 Å². The molecular weight excluding hydrogens is 351 g/mol. The van der Waals surface area contributed by atoms with E-state index in [0.29, 0.717) is 20.8 Å². The number of hydrogen-bond donors (Lipinski definition) is 2. The number of carboxylic acids is 1. The van der Waals surface area contributed by atoms with E-state index in [9.17, 15) is 9.90 Å². The van der Waals surface area contributed by atoms with Crippen molar-refractivity contribution in [2.75, 3.05) is 0 Å². The summed E-state index contributed by atoms with van der Waals surface area (Å²) in [5, 5.41) is 18.7. The molecule has 22 heavy (non-hydrogen) atoms. The second kappa shape index (κ2) is 8.73. The van der Waals surface area contributed by atoms with E-state index in [4.69, 9.17) is 44.6 Å². The molecule has 2 aromatic carbocycles. The van der Waals surface area contributed by atoms with Crippen molar-refractivity contribution in [1.29, 1.82) is 0 Å². The molecule has 0 spiro atoms. The van der Waals surface area contributed by atoms with E-state index in [0.717, 1.165) is 0 Å². The van der Waals surface area contributed by atoms with Gasteiger partial charge in [0.05, 0.1) is 5.02 Å². The third kappa shape index (κ3) is 6.02. The van der Waals surface area contributed by atoms with Crippen LogP contribution in [-0.2, 0) is 4.79 Å². The van der Waals surface area contributed by atoms with Crippen molar-refractivity contribution in [3.63, 3.8) is 0 Å². The fourth-order valence-electron chi connectivity index (χ4n) is 1.25. The van der Waals surface area contributed by atoms with Crippen LogP contribution in [0.4, 0.5) is 0 Å². The summed E-state index contributed by atoms with van der Waals surface area (Å²) >= 11 is 17.4. The molecule has 0 saturated carbocycles. The summed E-state index contributed by atoms with van der Waals surface area (Å²) in [5.74, 6) is -0.110. The number of ether oxygens (including phenoxy) is 1. The van der Waals surface area contributed by atoms with Gasteiger partial charge in [-0.05, 0) is 30.3 Å². The maximum absolute atomic E-state index is 9.62. The van der Waals surface area contributed by atoms with Crippen LogP contribution in [0.15, 0.2) is 36.4 Å². The Morgan fingerprint density at radius 2 is 1.55 bits per heavy atom. The predicted molar refractivity (Wildman–Crippen MR) is 87.6 cm³/mol. The molecule has 0 aliphatic rings. The average molecular weight is 364 g/mol. The normalized spacial score (nSPS) is 9.64. The SMILES string of the molecule is CCC(=O)O.Oc1cc(Cl)ccc1Oc1ccc(Cl)cc1Cl. The van der Waals surface area contributed by atoms with Gasteiger partial charge in [-0.2, -0.15) is 0 Å². The van der Waals surface area contributed by atoms with Gasteiger partial charge in [0.25, 0.3) is 0 Å². The fraction of sp³-hybridized carbons (Fsp3) is 0.133. The standard InChI is InChI=1S/C12H7Cl3O2.C3H6O2/c13-7-1-3-11(9(15)5-7)17-12-4-2-8(14)6-10(12)16;1-2-3(4)5/h1-6,16H;2H2,1H3,(H,4,5). The summed E-state index contributed by atoms with van der Waals surface area (Å²) in [6.45, 7) is 1.60. The molecule has 0 radical (unpaired) electrons. The summed E-state index contributed by atoms with van der Waals surface area (Å²) in [6, 6.07) is 9.39. The highest BCUT2D eigenvalue weighted by molar-refractivity contribution is 6.35. The highest BCUT2D eigenvalue weighted by Crippen LogP contribution is 2.36. The van der Waals surface area contributed by atoms with Crippen LogP contribution in [-0.4, -0.2) is 16.2 Å². The molecule has 0 heterocycles. The number of aliphatic carboxylic acids is 1. The Balaban J connectivity index is 0.000000422. The van der Waals surface area contributed by atoms with Gasteiger partial charge in [-0.3, -0.25) is 4.79 Å². The van der Waals surface area contributed by atoms with Gasteiger partial charge in [-0.25, -0.2) is 0 Å². The highest BCUT2D eigenvalue weighted by Gasteiger charge is 2.08. The van der Waals surface area contributed by atoms with Gasteiger partial charge in [-0.15, -0.1) is 0 Å². The third-order valence-electron chi connectivity index (χ3n) is 2.34. The van der Waals surface area contributed by atoms with Crippen molar-refractivity contribution in [2.45, 2.75) is 13.3 Å². The largest absolute Gasteiger partial charge is 0.504 e. The van der Waals surface area contributed by atoms with Gasteiger partial charge in [0, 0.05) is 22.5 Å². The summed E-state index contributed by atoms with van der Waals surface area (Å²) in [6.07, 6.45) is 0.222. The Morgan fingerprint density at radius 1 is 1.05 bits per heavy atom. The zero-order valence-corrected chi connectivity index (χ0v) is 13.8. The molecule has 2 rings (SSSR count). The monoisotopic (exact) mass is 362 g/mol. The van der Waals surface area contributed by atoms with Gasteiger partial charge in [-0.1, -0.05) is 41.7 Å². The van der Waals surface area contributed by atoms with E-state index < -0.39 is 5.97 Å². The predicted octanol–water partition coefficient (Wildman–Crippen LogP) is 5.63. The molecular formula is C15H13Cl3O4. The van der Waals surface area contributed by atoms with Crippen LogP contribution < -0.4 is 4.74 Å². The lowest BCUT2D eigenvalue weighted by Gasteiger charge is -2.09. The Hall–Kier alpha value is -1.62. The van der Waals surface area contributed by atoms with Crippen LogP contribution in [0.2, 0.25) is 15.1 Å². The summed E-state index contributed by atoms with van der Waals surface area (Å²) < 4.78 is 5.45. The molecule has 0 unspecified atom stereocenters. The van der Waals surface area contributed by atoms with Crippen molar-refractivity contribution in [2.24, 2.45) is 0 Å². The van der Waals surface area contributed by atoms with Crippen molar-refractivity contribution >= 4 is 40.8 Å². The molecule has 2 aromatic rings. The number of phenols is 1. The van der Waals surface area contributed by atoms with E-state index in [1.807, 2.05) is 0 Å². The zero-order chi connectivity index (χ0) is 16.7. The molecule has 0 aliphatic carbocycles. The van der Waals surface area contributed by atoms with Crippen LogP contribution in [0.25, 0.3) is 0 Å². The van der Waals surface area contributed by atoms with E-state index in [1.165, 1.54) is 6.07 Å². The van der Waals surface area contributed by atoms with E-state index in [-0.39, 0.29) is 17.9 Å². The number of benzene rings is 2. The molecule has 4 nitrogen and oxygen atoms in total. The summed E-state index contributed by atoms with van der Waals surface area (Å²) in [5.41, 5.74) is 0. The minimum atomic E-state index is -0.745. The molecule has 0 amide bonds. The lowest BCUT2D eigenvalue weighted by molar-refractivity contribution is -0.136. The molecule has 0 atom stereocenters. The minimum absolute atomic E-state index is 0.0523. The maximum atomic E-state index is 9.62. The third-order valence-corrected chi connectivity index (χ3v) is 3.10. The second-order valence-electron chi connectivity index (χ2n) is 4.04. The summed E-state index contributed by atoms with van der Waals surface area (Å²) in [7, 11) is 0. The second-order valence-corrected chi connectivity index (χ2v) is 5.32. The van der Waals surface area contributed by atoms with Gasteiger partial charge >= 0.3 is 5.97 Å². The Bertz CT molecular complexity index is 610. The van der Waals surface area contributed by atoms with Crippen LogP contribution >= 0.6 is 34.8 Å². The Labute approximate surface area is 142 Å². The molecule has 0 fully saturated rings. The van der Waals surface area contributed by atoms with Crippen molar-refractivity contribution < 1.29 is 19.7 Å². The Kier molecular flexibility index (Phi) is 7.32. The highest BCUT2D eigenvalue weighted by atomic mass is 35.5. The number of rotatable bonds is 3. The van der Waals surface area contributed by atoms with E-state index in [1.54, 1.807) is 37.3 Å². The molecule has 0 bridgehead atoms. The smallest absolute Gasteiger partial charge is 0.303 e. The Morgan fingerprint density at radius 3 is 2.00 bits per heavy atom. The van der Waals surface area contributed by atoms with E-state index >= 15 is 0 Å². The minimum Gasteiger partial charge on any atom is -0.504 e. The molecule has 2 N–H and O–H groups in total. The molecule has 0 aromatic heterocycles. The van der Waals surface area contributed by atoms with Crippen LogP contribution in [0.5, 0.6) is 17.2 Å². The lowest BCUT2D eigenvalue weighted by Crippen LogP contribution is -1.86. The van der Waals surface area contributed by atoms with Crippen LogP contribution in [0, 0.1) is 0 Å². The quantitative estimate of drug-likeness (QED) is 0.742. The molecule has 0 saturated heterocycles. The first-order valence-corrected chi connectivity index (χ1v) is 7.30. The first-order valence-electron chi connectivity index (χ1n) is 6.16. The van der Waals surface area contributed by atoms with E-state index in [2.05, 4.69) is 0 Å². The van der Waals surface area contributed by atoms with Gasteiger partial charge in [0.15, 0.2) is 11.5 Å². The zero-order valence-electron chi connectivity index (χ0n) is 11.5. The number of carboxylic acid groups (broad SMARTS) is 1. The molecule has 7 heteroatoms. The maximum Gasteiger partial charge on any atom is 0.303 e. The molecule has 0 aliphatic heterocycles. The van der Waals surface area contributed by atoms with Gasteiger partial charge < -0.3 is 14.9 Å². The van der Waals surface area contributed by atoms with Crippen molar-refractivity contribution in [1.82, 2.24) is 0 Å². The van der Waals surface area contributed by atoms with Crippen LogP contribution in [0.3, 0.4) is 0 Å². The van der Waals surface area contributed by atoms with Crippen molar-refractivity contribution in [3.8, 4) is 17.2 Å². The van der Waals surface area contributed by atoms with Crippen LogP contribution in [0.1, 0.15) is 13.3 Å². The number of hydrogen-bond acceptors (Lipinski definition) is 3. The molecule has 118 valence electrons. The number of aromatic hydroxyl groups is 1. The number of carbonyl (C=O) groups is 1. The summed E-state index contributed by atoms with van der Waals surface area (Å²) in [4.78, 5) is 9.37. The fourth-order valence-corrected chi connectivity index (χ4v) is 1.87.